The average molecular weight is 329 g/mol. The summed E-state index contributed by atoms with van der Waals surface area (Å²) in [7, 11) is 1.67. The zero-order chi connectivity index (χ0) is 16.5. The Morgan fingerprint density at radius 3 is 3.12 bits per heavy atom. The molecule has 0 radical (unpaired) electrons. The number of rotatable bonds is 3. The molecule has 1 spiro atoms. The standard InChI is InChI=1S/C20H24FNO2/c1-3-9-22-10-8-20-13-5-6-14(21)19(20)24-18-16(23-2)7-4-12(17(18)20)11-15(13)22/h3-4,7,13-15,19H,1,5-6,8-11H2,2H3/t13?,14?,15-,19+,20+/m0/s1. The zero-order valence-electron chi connectivity index (χ0n) is 14.1. The first-order valence-electron chi connectivity index (χ1n) is 9.06. The van der Waals surface area contributed by atoms with Gasteiger partial charge in [-0.3, -0.25) is 4.90 Å². The van der Waals surface area contributed by atoms with Gasteiger partial charge in [-0.05, 0) is 49.8 Å². The van der Waals surface area contributed by atoms with Gasteiger partial charge in [0.1, 0.15) is 12.3 Å². The van der Waals surface area contributed by atoms with Gasteiger partial charge < -0.3 is 9.47 Å². The van der Waals surface area contributed by atoms with E-state index in [2.05, 4.69) is 17.5 Å². The second-order valence-electron chi connectivity index (χ2n) is 7.71. The van der Waals surface area contributed by atoms with Gasteiger partial charge in [-0.2, -0.15) is 0 Å². The minimum absolute atomic E-state index is 0.155. The summed E-state index contributed by atoms with van der Waals surface area (Å²) in [6.45, 7) is 5.84. The van der Waals surface area contributed by atoms with E-state index in [1.54, 1.807) is 7.11 Å². The Morgan fingerprint density at radius 1 is 1.46 bits per heavy atom. The van der Waals surface area contributed by atoms with Crippen LogP contribution in [0.1, 0.15) is 30.4 Å². The summed E-state index contributed by atoms with van der Waals surface area (Å²) in [5.41, 5.74) is 2.45. The lowest BCUT2D eigenvalue weighted by Crippen LogP contribution is -2.66. The van der Waals surface area contributed by atoms with Crippen molar-refractivity contribution in [2.24, 2.45) is 5.92 Å². The van der Waals surface area contributed by atoms with Gasteiger partial charge in [-0.15, -0.1) is 6.58 Å². The topological polar surface area (TPSA) is 21.7 Å². The maximum atomic E-state index is 14.9. The fraction of sp³-hybridized carbons (Fsp3) is 0.600. The Bertz CT molecular complexity index is 705. The summed E-state index contributed by atoms with van der Waals surface area (Å²) in [5.74, 6) is 2.06. The van der Waals surface area contributed by atoms with Crippen LogP contribution in [0.2, 0.25) is 0 Å². The molecule has 128 valence electrons. The minimum Gasteiger partial charge on any atom is -0.493 e. The molecule has 2 fully saturated rings. The first-order chi connectivity index (χ1) is 11.7. The molecule has 5 atom stereocenters. The van der Waals surface area contributed by atoms with Crippen LogP contribution in [0.3, 0.4) is 0 Å². The van der Waals surface area contributed by atoms with Crippen LogP contribution in [-0.2, 0) is 11.8 Å². The van der Waals surface area contributed by atoms with Crippen molar-refractivity contribution in [1.29, 1.82) is 0 Å². The molecule has 2 heterocycles. The Balaban J connectivity index is 1.72. The van der Waals surface area contributed by atoms with Gasteiger partial charge in [0.2, 0.25) is 0 Å². The number of hydrogen-bond donors (Lipinski definition) is 0. The van der Waals surface area contributed by atoms with Gasteiger partial charge in [0.25, 0.3) is 0 Å². The fourth-order valence-corrected chi connectivity index (χ4v) is 6.10. The van der Waals surface area contributed by atoms with E-state index >= 15 is 0 Å². The second-order valence-corrected chi connectivity index (χ2v) is 7.71. The van der Waals surface area contributed by atoms with Gasteiger partial charge >= 0.3 is 0 Å². The molecule has 1 saturated carbocycles. The molecule has 0 amide bonds. The normalized spacial score (nSPS) is 39.1. The summed E-state index contributed by atoms with van der Waals surface area (Å²) in [4.78, 5) is 2.55. The highest BCUT2D eigenvalue weighted by Crippen LogP contribution is 2.64. The lowest BCUT2D eigenvalue weighted by atomic mass is 9.51. The number of nitrogens with zero attached hydrogens (tertiary/aromatic N) is 1. The second kappa shape index (κ2) is 4.98. The average Bonchev–Trinajstić information content (AvgIpc) is 2.94. The van der Waals surface area contributed by atoms with Crippen molar-refractivity contribution in [3.8, 4) is 11.5 Å². The van der Waals surface area contributed by atoms with E-state index < -0.39 is 6.17 Å². The highest BCUT2D eigenvalue weighted by Gasteiger charge is 2.66. The molecule has 0 N–H and O–H groups in total. The lowest BCUT2D eigenvalue weighted by Gasteiger charge is -2.58. The molecule has 2 aliphatic heterocycles. The number of alkyl halides is 1. The van der Waals surface area contributed by atoms with Crippen molar-refractivity contribution in [3.05, 3.63) is 35.9 Å². The molecule has 1 aromatic rings. The molecule has 5 rings (SSSR count). The van der Waals surface area contributed by atoms with E-state index in [4.69, 9.17) is 9.47 Å². The van der Waals surface area contributed by atoms with Crippen molar-refractivity contribution < 1.29 is 13.9 Å². The van der Waals surface area contributed by atoms with Gasteiger partial charge in [0.15, 0.2) is 11.5 Å². The summed E-state index contributed by atoms with van der Waals surface area (Å²) in [5, 5.41) is 0. The number of methoxy groups -OCH3 is 1. The molecule has 0 aromatic heterocycles. The quantitative estimate of drug-likeness (QED) is 0.795. The Morgan fingerprint density at radius 2 is 2.33 bits per heavy atom. The van der Waals surface area contributed by atoms with E-state index in [1.165, 1.54) is 11.1 Å². The van der Waals surface area contributed by atoms with Gasteiger partial charge in [0, 0.05) is 23.6 Å². The molecule has 4 heteroatoms. The summed E-state index contributed by atoms with van der Waals surface area (Å²) in [6, 6.07) is 4.64. The third-order valence-corrected chi connectivity index (χ3v) is 6.93. The van der Waals surface area contributed by atoms with Crippen LogP contribution in [0.15, 0.2) is 24.8 Å². The maximum absolute atomic E-state index is 14.9. The molecule has 2 bridgehead atoms. The SMILES string of the molecule is C=CCN1CC[C@@]23c4c5ccc(OC)c4O[C@@H]2C(F)CCC3[C@@H]1C5. The van der Waals surface area contributed by atoms with Crippen LogP contribution in [-0.4, -0.2) is 43.4 Å². The first-order valence-corrected chi connectivity index (χ1v) is 9.06. The monoisotopic (exact) mass is 329 g/mol. The summed E-state index contributed by atoms with van der Waals surface area (Å²) in [6.07, 6.45) is 4.35. The summed E-state index contributed by atoms with van der Waals surface area (Å²) >= 11 is 0. The smallest absolute Gasteiger partial charge is 0.165 e. The van der Waals surface area contributed by atoms with E-state index in [-0.39, 0.29) is 11.5 Å². The molecule has 4 aliphatic rings. The molecule has 1 saturated heterocycles. The van der Waals surface area contributed by atoms with Crippen LogP contribution < -0.4 is 9.47 Å². The molecule has 2 aliphatic carbocycles. The third-order valence-electron chi connectivity index (χ3n) is 6.93. The van der Waals surface area contributed by atoms with Crippen LogP contribution in [0.25, 0.3) is 0 Å². The van der Waals surface area contributed by atoms with Crippen LogP contribution in [0.5, 0.6) is 11.5 Å². The van der Waals surface area contributed by atoms with Crippen molar-refractivity contribution >= 4 is 0 Å². The number of halogens is 1. The van der Waals surface area contributed by atoms with E-state index in [1.807, 2.05) is 12.1 Å². The van der Waals surface area contributed by atoms with E-state index in [0.717, 1.165) is 43.9 Å². The van der Waals surface area contributed by atoms with E-state index in [9.17, 15) is 4.39 Å². The molecule has 1 aromatic carbocycles. The van der Waals surface area contributed by atoms with Crippen molar-refractivity contribution in [2.75, 3.05) is 20.2 Å². The number of hydrogen-bond acceptors (Lipinski definition) is 3. The van der Waals surface area contributed by atoms with Gasteiger partial charge in [0.05, 0.1) is 7.11 Å². The molecule has 24 heavy (non-hydrogen) atoms. The molecule has 3 nitrogen and oxygen atoms in total. The minimum atomic E-state index is -0.879. The number of ether oxygens (including phenoxy) is 2. The predicted octanol–water partition coefficient (Wildman–Crippen LogP) is 3.26. The number of piperidine rings is 1. The predicted molar refractivity (Wildman–Crippen MR) is 90.6 cm³/mol. The largest absolute Gasteiger partial charge is 0.493 e. The van der Waals surface area contributed by atoms with E-state index in [0.29, 0.717) is 18.4 Å². The number of likely N-dealkylation sites (tertiary alicyclic amines) is 1. The Labute approximate surface area is 142 Å². The maximum Gasteiger partial charge on any atom is 0.165 e. The van der Waals surface area contributed by atoms with Gasteiger partial charge in [-0.1, -0.05) is 12.1 Å². The van der Waals surface area contributed by atoms with Crippen molar-refractivity contribution in [1.82, 2.24) is 4.90 Å². The van der Waals surface area contributed by atoms with Gasteiger partial charge in [-0.25, -0.2) is 4.39 Å². The Hall–Kier alpha value is -1.55. The summed E-state index contributed by atoms with van der Waals surface area (Å²) < 4.78 is 26.7. The zero-order valence-corrected chi connectivity index (χ0v) is 14.1. The first kappa shape index (κ1) is 14.8. The Kier molecular flexibility index (Phi) is 3.06. The van der Waals surface area contributed by atoms with Crippen LogP contribution in [0.4, 0.5) is 4.39 Å². The molecular formula is C20H24FNO2. The number of benzene rings is 1. The van der Waals surface area contributed by atoms with Crippen LogP contribution >= 0.6 is 0 Å². The van der Waals surface area contributed by atoms with Crippen molar-refractivity contribution in [2.45, 2.75) is 49.4 Å². The van der Waals surface area contributed by atoms with Crippen molar-refractivity contribution in [3.63, 3.8) is 0 Å². The highest BCUT2D eigenvalue weighted by atomic mass is 19.1. The highest BCUT2D eigenvalue weighted by molar-refractivity contribution is 5.61. The van der Waals surface area contributed by atoms with Crippen LogP contribution in [0, 0.1) is 5.92 Å². The molecule has 2 unspecified atom stereocenters. The lowest BCUT2D eigenvalue weighted by molar-refractivity contribution is -0.0798. The molecular weight excluding hydrogens is 305 g/mol. The third kappa shape index (κ3) is 1.60. The fourth-order valence-electron chi connectivity index (χ4n) is 6.10.